The minimum absolute atomic E-state index is 0. The summed E-state index contributed by atoms with van der Waals surface area (Å²) in [5, 5.41) is 8.48. The van der Waals surface area contributed by atoms with Crippen LogP contribution in [0.3, 0.4) is 0 Å². The van der Waals surface area contributed by atoms with Gasteiger partial charge in [-0.25, -0.2) is 0 Å². The molecule has 0 amide bonds. The second kappa shape index (κ2) is 18.8. The van der Waals surface area contributed by atoms with Crippen LogP contribution >= 0.6 is 11.8 Å². The molecule has 0 spiro atoms. The standard InChI is InChI=1S/C15H30O2S.Na.H/c1-2-3-4-5-6-7-8-9-10-11-13-18-14-12-15(16)17;;/h2-14H2,1H3,(H,16,17);;/q;+1;-1. The van der Waals surface area contributed by atoms with Crippen molar-refractivity contribution in [1.29, 1.82) is 0 Å². The molecule has 2 nitrogen and oxygen atoms in total. The van der Waals surface area contributed by atoms with Gasteiger partial charge >= 0.3 is 35.5 Å². The number of thioether (sulfide) groups is 1. The number of aliphatic carboxylic acids is 1. The van der Waals surface area contributed by atoms with Crippen LogP contribution in [-0.2, 0) is 4.79 Å². The smallest absolute Gasteiger partial charge is 1.00 e. The molecule has 0 radical (unpaired) electrons. The van der Waals surface area contributed by atoms with Crippen LogP contribution in [0, 0.1) is 0 Å². The van der Waals surface area contributed by atoms with Crippen LogP contribution in [0.4, 0.5) is 0 Å². The van der Waals surface area contributed by atoms with E-state index in [1.54, 1.807) is 11.8 Å². The topological polar surface area (TPSA) is 37.3 Å². The Labute approximate surface area is 147 Å². The van der Waals surface area contributed by atoms with Gasteiger partial charge in [0.05, 0.1) is 6.42 Å². The molecular weight excluding hydrogens is 267 g/mol. The molecule has 1 N–H and O–H groups in total. The van der Waals surface area contributed by atoms with Crippen molar-refractivity contribution >= 4 is 17.7 Å². The molecule has 19 heavy (non-hydrogen) atoms. The predicted molar refractivity (Wildman–Crippen MR) is 82.5 cm³/mol. The Morgan fingerprint density at radius 2 is 1.37 bits per heavy atom. The van der Waals surface area contributed by atoms with E-state index < -0.39 is 5.97 Å². The molecule has 0 aromatic rings. The van der Waals surface area contributed by atoms with E-state index in [2.05, 4.69) is 6.92 Å². The largest absolute Gasteiger partial charge is 1.00 e. The van der Waals surface area contributed by atoms with Gasteiger partial charge in [-0.1, -0.05) is 64.7 Å². The molecule has 0 atom stereocenters. The summed E-state index contributed by atoms with van der Waals surface area (Å²) < 4.78 is 0. The zero-order valence-corrected chi connectivity index (χ0v) is 15.8. The van der Waals surface area contributed by atoms with Gasteiger partial charge in [-0.3, -0.25) is 4.79 Å². The molecule has 0 bridgehead atoms. The zero-order valence-electron chi connectivity index (χ0n) is 14.0. The third-order valence-corrected chi connectivity index (χ3v) is 4.17. The van der Waals surface area contributed by atoms with Crippen molar-refractivity contribution in [3.8, 4) is 0 Å². The number of hydrogen-bond acceptors (Lipinski definition) is 2. The number of hydrogen-bond donors (Lipinski definition) is 1. The third-order valence-electron chi connectivity index (χ3n) is 3.10. The average molecular weight is 298 g/mol. The molecule has 0 unspecified atom stereocenters. The summed E-state index contributed by atoms with van der Waals surface area (Å²) in [7, 11) is 0. The minimum atomic E-state index is -0.675. The van der Waals surface area contributed by atoms with Gasteiger partial charge in [-0.2, -0.15) is 11.8 Å². The molecule has 0 saturated carbocycles. The normalized spacial score (nSPS) is 10.2. The van der Waals surface area contributed by atoms with Crippen LogP contribution in [-0.4, -0.2) is 22.6 Å². The van der Waals surface area contributed by atoms with Crippen LogP contribution < -0.4 is 29.6 Å². The fraction of sp³-hybridized carbons (Fsp3) is 0.933. The summed E-state index contributed by atoms with van der Waals surface area (Å²) >= 11 is 1.78. The van der Waals surface area contributed by atoms with Crippen molar-refractivity contribution < 1.29 is 40.9 Å². The zero-order chi connectivity index (χ0) is 13.5. The van der Waals surface area contributed by atoms with Gasteiger partial charge in [0.1, 0.15) is 0 Å². The summed E-state index contributed by atoms with van der Waals surface area (Å²) in [4.78, 5) is 10.3. The fourth-order valence-electron chi connectivity index (χ4n) is 1.95. The van der Waals surface area contributed by atoms with Gasteiger partial charge in [0.2, 0.25) is 0 Å². The van der Waals surface area contributed by atoms with Crippen molar-refractivity contribution in [1.82, 2.24) is 0 Å². The Kier molecular flexibility index (Phi) is 21.9. The Bertz CT molecular complexity index is 195. The van der Waals surface area contributed by atoms with E-state index in [1.807, 2.05) is 0 Å². The first-order chi connectivity index (χ1) is 8.77. The average Bonchev–Trinajstić information content (AvgIpc) is 2.34. The molecule has 0 aliphatic rings. The molecule has 0 saturated heterocycles. The molecule has 0 heterocycles. The molecule has 0 aromatic carbocycles. The monoisotopic (exact) mass is 298 g/mol. The van der Waals surface area contributed by atoms with Crippen molar-refractivity contribution in [2.24, 2.45) is 0 Å². The Hall–Kier alpha value is 0.820. The minimum Gasteiger partial charge on any atom is -1.00 e. The van der Waals surface area contributed by atoms with E-state index in [4.69, 9.17) is 5.11 Å². The summed E-state index contributed by atoms with van der Waals surface area (Å²) in [5.74, 6) is 1.22. The molecule has 110 valence electrons. The third kappa shape index (κ3) is 21.3. The second-order valence-electron chi connectivity index (χ2n) is 4.94. The second-order valence-corrected chi connectivity index (χ2v) is 6.16. The predicted octanol–water partition coefficient (Wildman–Crippen LogP) is 2.23. The molecule has 0 aliphatic heterocycles. The Morgan fingerprint density at radius 3 is 1.84 bits per heavy atom. The van der Waals surface area contributed by atoms with Crippen LogP contribution in [0.2, 0.25) is 0 Å². The first-order valence-electron chi connectivity index (χ1n) is 7.57. The number of carboxylic acids is 1. The summed E-state index contributed by atoms with van der Waals surface area (Å²) in [6.07, 6.45) is 14.0. The van der Waals surface area contributed by atoms with E-state index in [0.717, 1.165) is 11.5 Å². The quantitative estimate of drug-likeness (QED) is 0.395. The van der Waals surface area contributed by atoms with Crippen LogP contribution in [0.15, 0.2) is 0 Å². The van der Waals surface area contributed by atoms with Crippen molar-refractivity contribution in [3.05, 3.63) is 0 Å². The maximum absolute atomic E-state index is 10.3. The van der Waals surface area contributed by atoms with Gasteiger partial charge in [-0.05, 0) is 12.2 Å². The van der Waals surface area contributed by atoms with Gasteiger partial charge in [0.25, 0.3) is 0 Å². The number of carboxylic acid groups (broad SMARTS) is 1. The maximum atomic E-state index is 10.3. The van der Waals surface area contributed by atoms with E-state index in [-0.39, 0.29) is 31.0 Å². The Balaban J connectivity index is -0.00000144. The van der Waals surface area contributed by atoms with Crippen LogP contribution in [0.1, 0.15) is 79.0 Å². The molecular formula is C15H31NaO2S. The van der Waals surface area contributed by atoms with Crippen molar-refractivity contribution in [3.63, 3.8) is 0 Å². The first-order valence-corrected chi connectivity index (χ1v) is 8.72. The molecule has 0 fully saturated rings. The molecule has 0 rings (SSSR count). The van der Waals surface area contributed by atoms with Crippen molar-refractivity contribution in [2.45, 2.75) is 77.6 Å². The van der Waals surface area contributed by atoms with E-state index in [1.165, 1.54) is 64.2 Å². The molecule has 4 heteroatoms. The molecule has 0 aliphatic carbocycles. The SMILES string of the molecule is CCCCCCCCCCCCSCCC(=O)O.[H-].[Na+]. The summed E-state index contributed by atoms with van der Waals surface area (Å²) in [6, 6.07) is 0. The van der Waals surface area contributed by atoms with Gasteiger partial charge in [0, 0.05) is 5.75 Å². The van der Waals surface area contributed by atoms with Gasteiger partial charge < -0.3 is 6.53 Å². The van der Waals surface area contributed by atoms with Crippen LogP contribution in [0.5, 0.6) is 0 Å². The maximum Gasteiger partial charge on any atom is 1.00 e. The van der Waals surface area contributed by atoms with E-state index in [9.17, 15) is 4.79 Å². The van der Waals surface area contributed by atoms with Gasteiger partial charge in [-0.15, -0.1) is 0 Å². The number of rotatable bonds is 14. The first kappa shape index (κ1) is 22.1. The van der Waals surface area contributed by atoms with Crippen molar-refractivity contribution in [2.75, 3.05) is 11.5 Å². The summed E-state index contributed by atoms with van der Waals surface area (Å²) in [5.41, 5.74) is 0. The van der Waals surface area contributed by atoms with Crippen LogP contribution in [0.25, 0.3) is 0 Å². The Morgan fingerprint density at radius 1 is 0.895 bits per heavy atom. The summed E-state index contributed by atoms with van der Waals surface area (Å²) in [6.45, 7) is 2.26. The van der Waals surface area contributed by atoms with E-state index >= 15 is 0 Å². The number of carbonyl (C=O) groups is 1. The fourth-order valence-corrected chi connectivity index (χ4v) is 2.88. The molecule has 0 aromatic heterocycles. The van der Waals surface area contributed by atoms with Gasteiger partial charge in [0.15, 0.2) is 0 Å². The number of unbranched alkanes of at least 4 members (excludes halogenated alkanes) is 9. The van der Waals surface area contributed by atoms with E-state index in [0.29, 0.717) is 6.42 Å².